The fraction of sp³-hybridized carbons (Fsp3) is 0.316. The van der Waals surface area contributed by atoms with Crippen LogP contribution in [0, 0.1) is 12.8 Å². The Kier molecular flexibility index (Phi) is 4.06. The molecule has 7 nitrogen and oxygen atoms in total. The monoisotopic (exact) mass is 360 g/mol. The number of hydrogen-bond acceptors (Lipinski definition) is 4. The molecule has 1 atom stereocenters. The van der Waals surface area contributed by atoms with Gasteiger partial charge in [-0.1, -0.05) is 19.9 Å². The summed E-state index contributed by atoms with van der Waals surface area (Å²) in [5, 5.41) is 7.79. The molecule has 136 valence electrons. The molecule has 0 saturated carbocycles. The van der Waals surface area contributed by atoms with E-state index in [1.165, 1.54) is 0 Å². The number of anilines is 1. The van der Waals surface area contributed by atoms with Gasteiger partial charge in [0.15, 0.2) is 0 Å². The van der Waals surface area contributed by atoms with Crippen molar-refractivity contribution in [3.8, 4) is 11.4 Å². The Morgan fingerprint density at radius 3 is 2.74 bits per heavy atom. The lowest BCUT2D eigenvalue weighted by molar-refractivity contribution is 0.643. The van der Waals surface area contributed by atoms with Crippen LogP contribution in [0.25, 0.3) is 33.5 Å². The Balaban J connectivity index is 1.99. The molecule has 4 aromatic rings. The molecule has 0 bridgehead atoms. The number of imidazole rings is 1. The van der Waals surface area contributed by atoms with E-state index in [1.807, 2.05) is 46.0 Å². The highest BCUT2D eigenvalue weighted by molar-refractivity contribution is 6.14. The number of pyridine rings is 1. The first-order chi connectivity index (χ1) is 12.8. The summed E-state index contributed by atoms with van der Waals surface area (Å²) in [5.74, 6) is 0.333. The van der Waals surface area contributed by atoms with Crippen molar-refractivity contribution in [3.05, 3.63) is 40.3 Å². The Bertz CT molecular complexity index is 1200. The van der Waals surface area contributed by atoms with E-state index in [0.29, 0.717) is 28.1 Å². The molecule has 3 heterocycles. The minimum atomic E-state index is -0.331. The molecular formula is C19H21BN6O. The van der Waals surface area contributed by atoms with Crippen LogP contribution in [0.5, 0.6) is 0 Å². The number of rotatable bonds is 4. The van der Waals surface area contributed by atoms with Crippen molar-refractivity contribution in [1.82, 2.24) is 24.7 Å². The van der Waals surface area contributed by atoms with Crippen LogP contribution in [0.3, 0.4) is 0 Å². The lowest BCUT2D eigenvalue weighted by atomic mass is 9.85. The van der Waals surface area contributed by atoms with Gasteiger partial charge in [0.2, 0.25) is 0 Å². The third-order valence-electron chi connectivity index (χ3n) is 4.69. The molecule has 0 saturated heterocycles. The molecule has 1 unspecified atom stereocenters. The highest BCUT2D eigenvalue weighted by Crippen LogP contribution is 2.31. The van der Waals surface area contributed by atoms with Crippen molar-refractivity contribution in [2.45, 2.75) is 26.7 Å². The quantitative estimate of drug-likeness (QED) is 0.488. The third kappa shape index (κ3) is 3.01. The molecular weight excluding hydrogens is 339 g/mol. The second-order valence-corrected chi connectivity index (χ2v) is 7.29. The number of aromatic nitrogens is 5. The van der Waals surface area contributed by atoms with E-state index < -0.39 is 0 Å². The van der Waals surface area contributed by atoms with Gasteiger partial charge in [-0.15, -0.1) is 0 Å². The Labute approximate surface area is 157 Å². The molecule has 1 aromatic carbocycles. The van der Waals surface area contributed by atoms with Crippen molar-refractivity contribution >= 4 is 35.6 Å². The van der Waals surface area contributed by atoms with Crippen LogP contribution in [-0.4, -0.2) is 38.5 Å². The average molecular weight is 360 g/mol. The highest BCUT2D eigenvalue weighted by atomic mass is 16.1. The Hall–Kier alpha value is -3.03. The lowest BCUT2D eigenvalue weighted by Gasteiger charge is -2.21. The first-order valence-electron chi connectivity index (χ1n) is 8.92. The van der Waals surface area contributed by atoms with Gasteiger partial charge in [0.05, 0.1) is 30.1 Å². The second kappa shape index (κ2) is 6.30. The van der Waals surface area contributed by atoms with Gasteiger partial charge >= 0.3 is 0 Å². The largest absolute Gasteiger partial charge is 0.388 e. The lowest BCUT2D eigenvalue weighted by Crippen LogP contribution is -2.27. The van der Waals surface area contributed by atoms with Gasteiger partial charge < -0.3 is 15.3 Å². The van der Waals surface area contributed by atoms with Crippen LogP contribution >= 0.6 is 0 Å². The zero-order valence-corrected chi connectivity index (χ0v) is 15.8. The Morgan fingerprint density at radius 2 is 2.00 bits per heavy atom. The van der Waals surface area contributed by atoms with Gasteiger partial charge in [-0.25, -0.2) is 4.98 Å². The number of nitrogens with zero attached hydrogens (tertiary/aromatic N) is 3. The second-order valence-electron chi connectivity index (χ2n) is 7.29. The molecule has 0 aliphatic heterocycles. The van der Waals surface area contributed by atoms with E-state index in [-0.39, 0.29) is 17.4 Å². The molecule has 0 fully saturated rings. The summed E-state index contributed by atoms with van der Waals surface area (Å²) < 4.78 is 1.67. The van der Waals surface area contributed by atoms with Crippen molar-refractivity contribution in [1.29, 1.82) is 0 Å². The Morgan fingerprint density at radius 1 is 1.22 bits per heavy atom. The molecule has 8 heteroatoms. The third-order valence-corrected chi connectivity index (χ3v) is 4.69. The number of aromatic amines is 2. The number of fused-ring (bicyclic) bond motifs is 2. The van der Waals surface area contributed by atoms with Crippen molar-refractivity contribution in [2.24, 2.45) is 13.0 Å². The molecule has 0 aliphatic carbocycles. The fourth-order valence-electron chi connectivity index (χ4n) is 3.12. The predicted octanol–water partition coefficient (Wildman–Crippen LogP) is 2.68. The molecule has 27 heavy (non-hydrogen) atoms. The average Bonchev–Trinajstić information content (AvgIpc) is 3.16. The van der Waals surface area contributed by atoms with Crippen LogP contribution in [0.15, 0.2) is 29.2 Å². The fourth-order valence-corrected chi connectivity index (χ4v) is 3.12. The maximum absolute atomic E-state index is 12.9. The van der Waals surface area contributed by atoms with E-state index in [9.17, 15) is 4.79 Å². The molecule has 3 N–H and O–H groups in total. The van der Waals surface area contributed by atoms with Gasteiger partial charge in [0.1, 0.15) is 16.9 Å². The smallest absolute Gasteiger partial charge is 0.261 e. The predicted molar refractivity (Wildman–Crippen MR) is 109 cm³/mol. The van der Waals surface area contributed by atoms with E-state index in [2.05, 4.69) is 25.4 Å². The van der Waals surface area contributed by atoms with E-state index in [1.54, 1.807) is 10.9 Å². The minimum absolute atomic E-state index is 0.175. The number of hydrogen-bond donors (Lipinski definition) is 3. The summed E-state index contributed by atoms with van der Waals surface area (Å²) in [6.07, 6.45) is 1.77. The molecule has 4 rings (SSSR count). The summed E-state index contributed by atoms with van der Waals surface area (Å²) in [6, 6.07) is 5.93. The van der Waals surface area contributed by atoms with Crippen LogP contribution in [-0.2, 0) is 7.05 Å². The van der Waals surface area contributed by atoms with Crippen molar-refractivity contribution in [2.75, 3.05) is 5.32 Å². The number of aryl methyl sites for hydroxylation is 2. The van der Waals surface area contributed by atoms with Gasteiger partial charge in [0.25, 0.3) is 5.56 Å². The zero-order chi connectivity index (χ0) is 19.3. The summed E-state index contributed by atoms with van der Waals surface area (Å²) in [7, 11) is 8.06. The highest BCUT2D eigenvalue weighted by Gasteiger charge is 2.21. The first-order valence-corrected chi connectivity index (χ1v) is 8.92. The maximum Gasteiger partial charge on any atom is 0.261 e. The van der Waals surface area contributed by atoms with Crippen molar-refractivity contribution in [3.63, 3.8) is 0 Å². The summed E-state index contributed by atoms with van der Waals surface area (Å²) >= 11 is 0. The standard InChI is InChI=1S/C19H21BN6O/c1-9(2)17(20)24-16-14(19(27)23-13-8-26(4)25-15(13)16)18-21-11-6-5-10(3)7-12(11)22-18/h5-9,17,24H,1-4H3,(H,21,22)(H,23,27). The minimum Gasteiger partial charge on any atom is -0.388 e. The normalized spacial score (nSPS) is 12.9. The summed E-state index contributed by atoms with van der Waals surface area (Å²) in [5.41, 5.74) is 4.85. The number of nitrogens with one attached hydrogen (secondary N) is 3. The van der Waals surface area contributed by atoms with Gasteiger partial charge in [-0.3, -0.25) is 9.48 Å². The maximum atomic E-state index is 12.9. The topological polar surface area (TPSA) is 91.4 Å². The molecule has 2 radical (unpaired) electrons. The van der Waals surface area contributed by atoms with E-state index >= 15 is 0 Å². The summed E-state index contributed by atoms with van der Waals surface area (Å²) in [6.45, 7) is 6.05. The molecule has 0 spiro atoms. The molecule has 0 aliphatic rings. The zero-order valence-electron chi connectivity index (χ0n) is 15.8. The van der Waals surface area contributed by atoms with Gasteiger partial charge in [-0.05, 0) is 36.5 Å². The number of benzene rings is 1. The molecule has 0 amide bonds. The van der Waals surface area contributed by atoms with Crippen LogP contribution in [0.2, 0.25) is 0 Å². The van der Waals surface area contributed by atoms with E-state index in [4.69, 9.17) is 7.85 Å². The number of H-pyrrole nitrogens is 2. The van der Waals surface area contributed by atoms with Gasteiger partial charge in [0, 0.05) is 13.2 Å². The van der Waals surface area contributed by atoms with Crippen LogP contribution in [0.1, 0.15) is 19.4 Å². The first kappa shape index (κ1) is 17.4. The van der Waals surface area contributed by atoms with Crippen LogP contribution in [0.4, 0.5) is 5.69 Å². The SMILES string of the molecule is [B]C(Nc1c(-c2nc3ccc(C)cc3[nH]2)c(=O)[nH]c2cn(C)nc12)C(C)C. The van der Waals surface area contributed by atoms with E-state index in [0.717, 1.165) is 16.6 Å². The molecule has 3 aromatic heterocycles. The summed E-state index contributed by atoms with van der Waals surface area (Å²) in [4.78, 5) is 23.7. The van der Waals surface area contributed by atoms with Gasteiger partial charge in [-0.2, -0.15) is 5.10 Å². The van der Waals surface area contributed by atoms with Crippen molar-refractivity contribution < 1.29 is 0 Å². The van der Waals surface area contributed by atoms with Crippen LogP contribution < -0.4 is 10.9 Å².